The minimum absolute atomic E-state index is 0.138. The van der Waals surface area contributed by atoms with Gasteiger partial charge in [-0.1, -0.05) is 19.3 Å². The summed E-state index contributed by atoms with van der Waals surface area (Å²) in [5.74, 6) is -3.82. The third-order valence-corrected chi connectivity index (χ3v) is 6.37. The molecule has 8 heteroatoms. The van der Waals surface area contributed by atoms with Gasteiger partial charge in [-0.05, 0) is 50.9 Å². The lowest BCUT2D eigenvalue weighted by Gasteiger charge is -2.45. The maximum Gasteiger partial charge on any atom is 0.318 e. The number of amides is 3. The minimum atomic E-state index is -3.11. The first kappa shape index (κ1) is 20.8. The number of carbonyl (C=O) groups is 2. The molecular weight excluding hydrogens is 366 g/mol. The second-order valence-electron chi connectivity index (χ2n) is 9.05. The van der Waals surface area contributed by atoms with E-state index in [0.29, 0.717) is 25.9 Å². The van der Waals surface area contributed by atoms with E-state index < -0.39 is 35.9 Å². The average molecular weight is 396 g/mol. The number of rotatable bonds is 5. The van der Waals surface area contributed by atoms with Crippen LogP contribution in [0, 0.1) is 16.7 Å². The first-order valence-corrected chi connectivity index (χ1v) is 10.3. The van der Waals surface area contributed by atoms with Gasteiger partial charge in [0.05, 0.1) is 6.07 Å². The predicted molar refractivity (Wildman–Crippen MR) is 99.6 cm³/mol. The van der Waals surface area contributed by atoms with E-state index in [-0.39, 0.29) is 5.41 Å². The lowest BCUT2D eigenvalue weighted by Crippen LogP contribution is -2.57. The van der Waals surface area contributed by atoms with Gasteiger partial charge >= 0.3 is 6.03 Å². The van der Waals surface area contributed by atoms with Crippen molar-refractivity contribution in [1.82, 2.24) is 15.5 Å². The molecule has 1 spiro atoms. The van der Waals surface area contributed by atoms with Crippen LogP contribution in [0.3, 0.4) is 0 Å². The van der Waals surface area contributed by atoms with Crippen LogP contribution in [0.4, 0.5) is 13.6 Å². The average Bonchev–Trinajstić information content (AvgIpc) is 3.40. The fourth-order valence-corrected chi connectivity index (χ4v) is 4.61. The Hall–Kier alpha value is -1.91. The van der Waals surface area contributed by atoms with Crippen LogP contribution < -0.4 is 10.6 Å². The molecule has 0 radical (unpaired) electrons. The Labute approximate surface area is 165 Å². The van der Waals surface area contributed by atoms with Crippen molar-refractivity contribution in [2.45, 2.75) is 88.6 Å². The van der Waals surface area contributed by atoms with Crippen LogP contribution in [-0.2, 0) is 4.79 Å². The van der Waals surface area contributed by atoms with E-state index >= 15 is 0 Å². The first-order valence-electron chi connectivity index (χ1n) is 10.3. The number of nitriles is 1. The van der Waals surface area contributed by atoms with Crippen molar-refractivity contribution < 1.29 is 18.4 Å². The highest BCUT2D eigenvalue weighted by Gasteiger charge is 2.47. The van der Waals surface area contributed by atoms with Crippen LogP contribution in [0.2, 0.25) is 0 Å². The molecule has 1 saturated heterocycles. The second-order valence-corrected chi connectivity index (χ2v) is 9.05. The fraction of sp³-hybridized carbons (Fsp3) is 0.850. The number of hydrogen-bond donors (Lipinski definition) is 2. The summed E-state index contributed by atoms with van der Waals surface area (Å²) in [4.78, 5) is 27.0. The summed E-state index contributed by atoms with van der Waals surface area (Å²) >= 11 is 0. The highest BCUT2D eigenvalue weighted by Crippen LogP contribution is 2.43. The van der Waals surface area contributed by atoms with Crippen LogP contribution in [-0.4, -0.2) is 47.4 Å². The molecule has 2 saturated carbocycles. The summed E-state index contributed by atoms with van der Waals surface area (Å²) in [6, 6.07) is 0.193. The summed E-state index contributed by atoms with van der Waals surface area (Å²) in [6.45, 7) is 1.93. The Bertz CT molecular complexity index is 640. The van der Waals surface area contributed by atoms with Gasteiger partial charge in [-0.25, -0.2) is 13.6 Å². The van der Waals surface area contributed by atoms with E-state index in [0.717, 1.165) is 32.6 Å². The van der Waals surface area contributed by atoms with E-state index in [9.17, 15) is 18.4 Å². The van der Waals surface area contributed by atoms with Crippen LogP contribution in [0.15, 0.2) is 0 Å². The zero-order chi connectivity index (χ0) is 20.4. The quantitative estimate of drug-likeness (QED) is 0.747. The number of piperidine rings is 1. The molecule has 2 N–H and O–H groups in total. The maximum atomic E-state index is 13.6. The molecule has 6 nitrogen and oxygen atoms in total. The summed E-state index contributed by atoms with van der Waals surface area (Å²) < 4.78 is 27.3. The molecule has 3 fully saturated rings. The van der Waals surface area contributed by atoms with Gasteiger partial charge in [0.1, 0.15) is 11.6 Å². The maximum absolute atomic E-state index is 13.6. The molecular formula is C20H30F2N4O2. The van der Waals surface area contributed by atoms with Crippen LogP contribution >= 0.6 is 0 Å². The number of nitrogens with zero attached hydrogens (tertiary/aromatic N) is 2. The highest BCUT2D eigenvalue weighted by molar-refractivity contribution is 5.88. The number of hydrogen-bond acceptors (Lipinski definition) is 3. The molecule has 1 aliphatic heterocycles. The van der Waals surface area contributed by atoms with Crippen LogP contribution in [0.5, 0.6) is 0 Å². The standard InChI is InChI=1S/C20H30F2N4O2/c1-18(21,22)12-15(16(27)25-20(13-23)9-10-20)24-17(28)26-11-5-8-19(14-26)6-3-2-4-7-19/h15H,2-12,14H2,1H3,(H,24,28)(H,25,27). The number of nitrogens with one attached hydrogen (secondary N) is 2. The normalized spacial score (nSPS) is 24.1. The molecule has 3 rings (SSSR count). The Balaban J connectivity index is 1.64. The molecule has 156 valence electrons. The molecule has 2 aliphatic carbocycles. The molecule has 0 aromatic carbocycles. The van der Waals surface area contributed by atoms with E-state index in [1.54, 1.807) is 4.90 Å². The zero-order valence-electron chi connectivity index (χ0n) is 16.5. The number of halogens is 2. The van der Waals surface area contributed by atoms with Gasteiger partial charge < -0.3 is 15.5 Å². The van der Waals surface area contributed by atoms with Gasteiger partial charge in [0.2, 0.25) is 11.8 Å². The van der Waals surface area contributed by atoms with Gasteiger partial charge in [-0.15, -0.1) is 0 Å². The van der Waals surface area contributed by atoms with Gasteiger partial charge in [0.15, 0.2) is 0 Å². The van der Waals surface area contributed by atoms with Crippen molar-refractivity contribution in [1.29, 1.82) is 5.26 Å². The second kappa shape index (κ2) is 7.84. The van der Waals surface area contributed by atoms with E-state index in [2.05, 4.69) is 10.6 Å². The lowest BCUT2D eigenvalue weighted by atomic mass is 9.69. The molecule has 0 bridgehead atoms. The zero-order valence-corrected chi connectivity index (χ0v) is 16.5. The van der Waals surface area contributed by atoms with Crippen molar-refractivity contribution in [3.63, 3.8) is 0 Å². The summed E-state index contributed by atoms with van der Waals surface area (Å²) in [5, 5.41) is 14.2. The predicted octanol–water partition coefficient (Wildman–Crippen LogP) is 3.33. The molecule has 1 unspecified atom stereocenters. The Kier molecular flexibility index (Phi) is 5.83. The molecule has 3 aliphatic rings. The van der Waals surface area contributed by atoms with Crippen molar-refractivity contribution in [2.75, 3.05) is 13.1 Å². The summed E-state index contributed by atoms with van der Waals surface area (Å²) in [7, 11) is 0. The first-order chi connectivity index (χ1) is 13.2. The third kappa shape index (κ3) is 5.12. The van der Waals surface area contributed by atoms with Crippen LogP contribution in [0.1, 0.15) is 71.1 Å². The smallest absolute Gasteiger partial charge is 0.318 e. The van der Waals surface area contributed by atoms with Gasteiger partial charge in [0.25, 0.3) is 0 Å². The Morgan fingerprint density at radius 2 is 1.79 bits per heavy atom. The van der Waals surface area contributed by atoms with Gasteiger partial charge in [-0.2, -0.15) is 5.26 Å². The van der Waals surface area contributed by atoms with E-state index in [1.807, 2.05) is 6.07 Å². The lowest BCUT2D eigenvalue weighted by molar-refractivity contribution is -0.126. The van der Waals surface area contributed by atoms with Crippen molar-refractivity contribution in [2.24, 2.45) is 5.41 Å². The minimum Gasteiger partial charge on any atom is -0.336 e. The fourth-order valence-electron chi connectivity index (χ4n) is 4.61. The number of alkyl halides is 2. The SMILES string of the molecule is CC(F)(F)CC(NC(=O)N1CCCC2(CCCCC2)C1)C(=O)NC1(C#N)CC1. The molecule has 28 heavy (non-hydrogen) atoms. The van der Waals surface area contributed by atoms with E-state index in [4.69, 9.17) is 5.26 Å². The number of likely N-dealkylation sites (tertiary alicyclic amines) is 1. The molecule has 1 heterocycles. The van der Waals surface area contributed by atoms with E-state index in [1.165, 1.54) is 19.3 Å². The van der Waals surface area contributed by atoms with Crippen molar-refractivity contribution in [3.05, 3.63) is 0 Å². The Morgan fingerprint density at radius 1 is 1.14 bits per heavy atom. The summed E-state index contributed by atoms with van der Waals surface area (Å²) in [6.07, 6.45) is 7.96. The largest absolute Gasteiger partial charge is 0.336 e. The number of urea groups is 1. The van der Waals surface area contributed by atoms with Crippen LogP contribution in [0.25, 0.3) is 0 Å². The van der Waals surface area contributed by atoms with Gasteiger partial charge in [-0.3, -0.25) is 4.79 Å². The topological polar surface area (TPSA) is 85.2 Å². The molecule has 0 aromatic heterocycles. The van der Waals surface area contributed by atoms with Gasteiger partial charge in [0, 0.05) is 19.5 Å². The Morgan fingerprint density at radius 3 is 2.36 bits per heavy atom. The molecule has 0 aromatic rings. The highest BCUT2D eigenvalue weighted by atomic mass is 19.3. The summed E-state index contributed by atoms with van der Waals surface area (Å²) in [5.41, 5.74) is -0.820. The number of carbonyl (C=O) groups excluding carboxylic acids is 2. The van der Waals surface area contributed by atoms with Crippen molar-refractivity contribution in [3.8, 4) is 6.07 Å². The third-order valence-electron chi connectivity index (χ3n) is 6.37. The van der Waals surface area contributed by atoms with Crippen molar-refractivity contribution >= 4 is 11.9 Å². The molecule has 3 amide bonds. The molecule has 1 atom stereocenters. The monoisotopic (exact) mass is 396 g/mol.